The standard InChI is InChI=1S/C13H28N2O/c1-11-9-15(10-13(11)14(3)4)8-6-5-7-12(2)16/h11-13,16H,5-10H2,1-4H3. The fraction of sp³-hybridized carbons (Fsp3) is 1.00. The van der Waals surface area contributed by atoms with Crippen LogP contribution in [0.5, 0.6) is 0 Å². The van der Waals surface area contributed by atoms with Crippen LogP contribution in [0.25, 0.3) is 0 Å². The molecule has 1 aliphatic heterocycles. The zero-order chi connectivity index (χ0) is 12.1. The normalized spacial score (nSPS) is 28.9. The zero-order valence-electron chi connectivity index (χ0n) is 11.3. The van der Waals surface area contributed by atoms with E-state index in [-0.39, 0.29) is 6.10 Å². The minimum absolute atomic E-state index is 0.132. The van der Waals surface area contributed by atoms with Crippen LogP contribution in [0.1, 0.15) is 33.1 Å². The Balaban J connectivity index is 2.16. The number of hydrogen-bond donors (Lipinski definition) is 1. The average Bonchev–Trinajstić information content (AvgIpc) is 2.54. The van der Waals surface area contributed by atoms with Crippen LogP contribution in [0, 0.1) is 5.92 Å². The van der Waals surface area contributed by atoms with Gasteiger partial charge in [0.2, 0.25) is 0 Å². The molecule has 1 saturated heterocycles. The lowest BCUT2D eigenvalue weighted by atomic mass is 10.1. The highest BCUT2D eigenvalue weighted by atomic mass is 16.3. The molecule has 0 aromatic carbocycles. The fourth-order valence-corrected chi connectivity index (χ4v) is 2.68. The van der Waals surface area contributed by atoms with Gasteiger partial charge in [0.25, 0.3) is 0 Å². The molecule has 16 heavy (non-hydrogen) atoms. The molecule has 96 valence electrons. The molecule has 1 N–H and O–H groups in total. The van der Waals surface area contributed by atoms with Crippen LogP contribution in [0.3, 0.4) is 0 Å². The second kappa shape index (κ2) is 6.58. The van der Waals surface area contributed by atoms with Crippen LogP contribution in [0.2, 0.25) is 0 Å². The van der Waals surface area contributed by atoms with Gasteiger partial charge in [-0.05, 0) is 52.7 Å². The van der Waals surface area contributed by atoms with Crippen molar-refractivity contribution in [2.75, 3.05) is 33.7 Å². The predicted octanol–water partition coefficient (Wildman–Crippen LogP) is 1.42. The van der Waals surface area contributed by atoms with E-state index in [1.165, 1.54) is 26.1 Å². The molecule has 3 atom stereocenters. The predicted molar refractivity (Wildman–Crippen MR) is 68.6 cm³/mol. The van der Waals surface area contributed by atoms with E-state index in [1.54, 1.807) is 0 Å². The van der Waals surface area contributed by atoms with Gasteiger partial charge < -0.3 is 14.9 Å². The second-order valence-electron chi connectivity index (χ2n) is 5.61. The largest absolute Gasteiger partial charge is 0.393 e. The van der Waals surface area contributed by atoms with Gasteiger partial charge in [0.1, 0.15) is 0 Å². The Kier molecular flexibility index (Phi) is 5.73. The Bertz CT molecular complexity index is 194. The van der Waals surface area contributed by atoms with E-state index in [0.29, 0.717) is 0 Å². The lowest BCUT2D eigenvalue weighted by molar-refractivity contribution is 0.177. The number of hydrogen-bond acceptors (Lipinski definition) is 3. The van der Waals surface area contributed by atoms with Gasteiger partial charge in [-0.2, -0.15) is 0 Å². The maximum Gasteiger partial charge on any atom is 0.0512 e. The SMILES string of the molecule is CC(O)CCCCN1CC(C)C(N(C)C)C1. The van der Waals surface area contributed by atoms with Crippen LogP contribution >= 0.6 is 0 Å². The summed E-state index contributed by atoms with van der Waals surface area (Å²) in [6.45, 7) is 7.86. The van der Waals surface area contributed by atoms with E-state index in [1.807, 2.05) is 6.92 Å². The molecule has 0 aromatic rings. The molecule has 1 fully saturated rings. The number of likely N-dealkylation sites (N-methyl/N-ethyl adjacent to an activating group) is 1. The summed E-state index contributed by atoms with van der Waals surface area (Å²) in [6.07, 6.45) is 3.18. The van der Waals surface area contributed by atoms with Gasteiger partial charge >= 0.3 is 0 Å². The second-order valence-corrected chi connectivity index (χ2v) is 5.61. The first kappa shape index (κ1) is 13.9. The molecule has 3 unspecified atom stereocenters. The highest BCUT2D eigenvalue weighted by molar-refractivity contribution is 4.86. The lowest BCUT2D eigenvalue weighted by Gasteiger charge is -2.22. The van der Waals surface area contributed by atoms with Gasteiger partial charge in [0.05, 0.1) is 6.10 Å². The van der Waals surface area contributed by atoms with Gasteiger partial charge in [-0.15, -0.1) is 0 Å². The summed E-state index contributed by atoms with van der Waals surface area (Å²) in [5.74, 6) is 0.784. The van der Waals surface area contributed by atoms with Gasteiger partial charge in [-0.25, -0.2) is 0 Å². The Hall–Kier alpha value is -0.120. The first-order valence-corrected chi connectivity index (χ1v) is 6.57. The molecule has 1 heterocycles. The molecule has 0 amide bonds. The minimum atomic E-state index is -0.132. The molecule has 1 aliphatic rings. The number of nitrogens with zero attached hydrogens (tertiary/aromatic N) is 2. The fourth-order valence-electron chi connectivity index (χ4n) is 2.68. The molecule has 1 rings (SSSR count). The number of rotatable bonds is 6. The third-order valence-corrected chi connectivity index (χ3v) is 3.66. The molecule has 0 aliphatic carbocycles. The van der Waals surface area contributed by atoms with E-state index in [0.717, 1.165) is 24.8 Å². The highest BCUT2D eigenvalue weighted by Gasteiger charge is 2.30. The molecule has 0 bridgehead atoms. The number of aliphatic hydroxyl groups is 1. The summed E-state index contributed by atoms with van der Waals surface area (Å²) < 4.78 is 0. The van der Waals surface area contributed by atoms with E-state index < -0.39 is 0 Å². The summed E-state index contributed by atoms with van der Waals surface area (Å²) >= 11 is 0. The summed E-state index contributed by atoms with van der Waals surface area (Å²) in [5, 5.41) is 9.18. The third-order valence-electron chi connectivity index (χ3n) is 3.66. The average molecular weight is 228 g/mol. The van der Waals surface area contributed by atoms with Crippen molar-refractivity contribution in [2.24, 2.45) is 5.92 Å². The van der Waals surface area contributed by atoms with Crippen LogP contribution < -0.4 is 0 Å². The number of aliphatic hydroxyl groups excluding tert-OH is 1. The minimum Gasteiger partial charge on any atom is -0.393 e. The highest BCUT2D eigenvalue weighted by Crippen LogP contribution is 2.20. The lowest BCUT2D eigenvalue weighted by Crippen LogP contribution is -2.34. The number of unbranched alkanes of at least 4 members (excludes halogenated alkanes) is 1. The van der Waals surface area contributed by atoms with Crippen LogP contribution in [-0.2, 0) is 0 Å². The third kappa shape index (κ3) is 4.40. The molecule has 0 aromatic heterocycles. The summed E-state index contributed by atoms with van der Waals surface area (Å²) in [4.78, 5) is 4.91. The molecule has 3 heteroatoms. The first-order valence-electron chi connectivity index (χ1n) is 6.57. The van der Waals surface area contributed by atoms with Gasteiger partial charge in [0.15, 0.2) is 0 Å². The van der Waals surface area contributed by atoms with Crippen LogP contribution in [-0.4, -0.2) is 60.8 Å². The molecule has 0 saturated carbocycles. The van der Waals surface area contributed by atoms with E-state index in [2.05, 4.69) is 30.8 Å². The zero-order valence-corrected chi connectivity index (χ0v) is 11.3. The molecule has 0 spiro atoms. The Labute approximate surface area is 100 Å². The van der Waals surface area contributed by atoms with E-state index in [4.69, 9.17) is 0 Å². The Morgan fingerprint density at radius 2 is 2.00 bits per heavy atom. The van der Waals surface area contributed by atoms with Crippen LogP contribution in [0.15, 0.2) is 0 Å². The smallest absolute Gasteiger partial charge is 0.0512 e. The summed E-state index contributed by atoms with van der Waals surface area (Å²) in [6, 6.07) is 0.719. The maximum atomic E-state index is 9.18. The van der Waals surface area contributed by atoms with Crippen molar-refractivity contribution < 1.29 is 5.11 Å². The summed E-state index contributed by atoms with van der Waals surface area (Å²) in [7, 11) is 4.36. The van der Waals surface area contributed by atoms with E-state index in [9.17, 15) is 5.11 Å². The van der Waals surface area contributed by atoms with Crippen molar-refractivity contribution >= 4 is 0 Å². The molecular formula is C13H28N2O. The number of likely N-dealkylation sites (tertiary alicyclic amines) is 1. The maximum absolute atomic E-state index is 9.18. The monoisotopic (exact) mass is 228 g/mol. The van der Waals surface area contributed by atoms with Crippen molar-refractivity contribution in [3.05, 3.63) is 0 Å². The molecular weight excluding hydrogens is 200 g/mol. The van der Waals surface area contributed by atoms with Crippen molar-refractivity contribution in [3.8, 4) is 0 Å². The Morgan fingerprint density at radius 1 is 1.31 bits per heavy atom. The van der Waals surface area contributed by atoms with Gasteiger partial charge in [0, 0.05) is 19.1 Å². The summed E-state index contributed by atoms with van der Waals surface area (Å²) in [5.41, 5.74) is 0. The molecule has 0 radical (unpaired) electrons. The van der Waals surface area contributed by atoms with Crippen molar-refractivity contribution in [1.29, 1.82) is 0 Å². The Morgan fingerprint density at radius 3 is 2.50 bits per heavy atom. The van der Waals surface area contributed by atoms with E-state index >= 15 is 0 Å². The van der Waals surface area contributed by atoms with Crippen molar-refractivity contribution in [1.82, 2.24) is 9.80 Å². The topological polar surface area (TPSA) is 26.7 Å². The van der Waals surface area contributed by atoms with Crippen molar-refractivity contribution in [3.63, 3.8) is 0 Å². The first-order chi connectivity index (χ1) is 7.50. The van der Waals surface area contributed by atoms with Gasteiger partial charge in [-0.3, -0.25) is 0 Å². The van der Waals surface area contributed by atoms with Gasteiger partial charge in [-0.1, -0.05) is 6.92 Å². The van der Waals surface area contributed by atoms with Crippen molar-refractivity contribution in [2.45, 2.75) is 45.3 Å². The quantitative estimate of drug-likeness (QED) is 0.697. The molecule has 3 nitrogen and oxygen atoms in total. The van der Waals surface area contributed by atoms with Crippen LogP contribution in [0.4, 0.5) is 0 Å².